The molecule has 0 spiro atoms. The van der Waals surface area contributed by atoms with Gasteiger partial charge in [0, 0.05) is 162 Å². The first-order valence-corrected chi connectivity index (χ1v) is 55.9. The number of allylic oxidation sites excluding steroid dienone is 6. The number of nitrogens with one attached hydrogen (secondary N) is 3. The number of amides is 3. The number of ketones is 2. The predicted molar refractivity (Wildman–Crippen MR) is 547 cm³/mol. The number of carbonyl (C=O) groups is 5. The molecule has 0 radical (unpaired) electrons. The normalized spacial score (nSPS) is 18.3. The van der Waals surface area contributed by atoms with Gasteiger partial charge in [0.05, 0.1) is 53.9 Å². The molecule has 0 bridgehead atoms. The molecule has 146 heavy (non-hydrogen) atoms. The lowest BCUT2D eigenvalue weighted by molar-refractivity contribution is -0.433. The van der Waals surface area contributed by atoms with E-state index >= 15 is 26.0 Å². The van der Waals surface area contributed by atoms with Gasteiger partial charge in [-0.2, -0.15) is 58.8 Å². The minimum Gasteiger partial charge on any atom is -0.479 e. The highest BCUT2D eigenvalue weighted by Crippen LogP contribution is 2.51. The number of rotatable bonds is 37. The zero-order chi connectivity index (χ0) is 104. The maximum absolute atomic E-state index is 16.3. The molecule has 7 aromatic carbocycles. The van der Waals surface area contributed by atoms with Crippen molar-refractivity contribution in [2.24, 2.45) is 17.8 Å². The van der Waals surface area contributed by atoms with Gasteiger partial charge in [-0.15, -0.1) is 5.10 Å². The fraction of sp³-hybridized carbons (Fsp3) is 0.380. The molecule has 29 nitrogen and oxygen atoms in total. The number of hydrogen-bond donors (Lipinski definition) is 6. The lowest BCUT2D eigenvalue weighted by Crippen LogP contribution is -2.50. The fourth-order valence-corrected chi connectivity index (χ4v) is 25.4. The van der Waals surface area contributed by atoms with E-state index in [1.165, 1.54) is 74.5 Å². The third-order valence-corrected chi connectivity index (χ3v) is 34.8. The highest BCUT2D eigenvalue weighted by atomic mass is 32.2. The van der Waals surface area contributed by atoms with Gasteiger partial charge in [-0.25, -0.2) is 21.9 Å². The van der Waals surface area contributed by atoms with Crippen LogP contribution in [-0.2, 0) is 84.0 Å². The predicted octanol–water partition coefficient (Wildman–Crippen LogP) is 18.4. The van der Waals surface area contributed by atoms with Crippen LogP contribution in [0.2, 0.25) is 0 Å². The van der Waals surface area contributed by atoms with Crippen LogP contribution in [0.3, 0.4) is 0 Å². The number of fused-ring (bicyclic) bond motifs is 6. The third kappa shape index (κ3) is 21.4. The van der Waals surface area contributed by atoms with Gasteiger partial charge in [-0.05, 0) is 219 Å². The summed E-state index contributed by atoms with van der Waals surface area (Å²) in [6, 6.07) is 38.4. The molecular weight excluding hydrogens is 1980 g/mol. The standard InChI is InChI=1S/C108H115F4N11O18S5/c1-9-119-85-42-36-76(145(134,135)136)61-81(85)106(4,5)94(119)25-12-10-13-26-95-107(6,7)82-62-77(146(137,138)139)37-43-86(82)122(95)51-19-11-14-27-96(126)113-49-18-17-22-87(123-63-93(116-117-123)108(8,72-31-28-66(2)29-32-72)115-105(128)71-48-56-142-65-71)89(125)64-140-103-101(111)99(109)98(100(110)102(103)112)88(124)23-20-50-114-104(127)68-44-52-118(53-45-68)143(129,130)92-24-16-15-21-80(92)97-78-38-33-73(120-54-46-69-57-67(3)30-40-83(69)120)59-90(78)141-91-60-74(34-39-79(91)97)121-55-47-70-58-75(144(131,132)133)35-41-84(70)121/h10,12-13,15-16,21,24-26,30,33-43,48,56-63,65-66,68,72,87H,9,11,14,17-20,22-23,27-29,31-32,44-47,49-55,64H2,1-8H3,(H4-2,113,114,115,126,127,128,131,132,133,134,135,136,137,138,139)/p+2/t66?,72?,87-,108+/m0/s1. The summed E-state index contributed by atoms with van der Waals surface area (Å²) in [6.07, 6.45) is 16.9. The van der Waals surface area contributed by atoms with Crippen LogP contribution in [0.4, 0.5) is 46.0 Å². The van der Waals surface area contributed by atoms with Crippen LogP contribution in [-0.4, -0.2) is 165 Å². The summed E-state index contributed by atoms with van der Waals surface area (Å²) in [7, 11) is -17.8. The van der Waals surface area contributed by atoms with Crippen LogP contribution in [0.1, 0.15) is 205 Å². The number of nitrogens with zero attached hydrogens (tertiary/aromatic N) is 8. The van der Waals surface area contributed by atoms with Crippen LogP contribution in [0.5, 0.6) is 5.75 Å². The Bertz CT molecular complexity index is 7670. The minimum absolute atomic E-state index is 0.00106. The lowest BCUT2D eigenvalue weighted by atomic mass is 9.71. The quantitative estimate of drug-likeness (QED) is 0.00308. The number of unbranched alkanes of at least 4 members (excludes halogenated alkanes) is 3. The number of thiophene rings is 1. The molecule has 3 amide bonds. The molecule has 2 atom stereocenters. The Kier molecular flexibility index (Phi) is 30.4. The van der Waals surface area contributed by atoms with Crippen molar-refractivity contribution in [1.82, 2.24) is 39.8 Å². The number of anilines is 3. The van der Waals surface area contributed by atoms with E-state index in [0.717, 1.165) is 81.2 Å². The highest BCUT2D eigenvalue weighted by Gasteiger charge is 2.48. The average Bonchev–Trinajstić information content (AvgIpc) is 1.30. The second kappa shape index (κ2) is 42.4. The fourth-order valence-electron chi connectivity index (χ4n) is 21.5. The molecule has 6 N–H and O–H groups in total. The van der Waals surface area contributed by atoms with Crippen LogP contribution >= 0.6 is 11.3 Å². The molecule has 8 heterocycles. The zero-order valence-electron chi connectivity index (χ0n) is 82.2. The maximum atomic E-state index is 16.3. The Labute approximate surface area is 849 Å². The first-order chi connectivity index (χ1) is 69.4. The van der Waals surface area contributed by atoms with Crippen LogP contribution < -0.4 is 40.4 Å². The molecule has 17 rings (SSSR count). The molecule has 2 fully saturated rings. The second-order valence-electron chi connectivity index (χ2n) is 39.8. The summed E-state index contributed by atoms with van der Waals surface area (Å²) in [5.41, 5.74) is 9.12. The number of sulfonamides is 1. The molecule has 38 heteroatoms. The molecule has 8 aliphatic rings. The monoisotopic (exact) mass is 2090 g/mol. The van der Waals surface area contributed by atoms with Gasteiger partial charge in [0.2, 0.25) is 50.2 Å². The number of benzene rings is 8. The van der Waals surface area contributed by atoms with Crippen molar-refractivity contribution in [3.05, 3.63) is 266 Å². The molecule has 2 aromatic heterocycles. The van der Waals surface area contributed by atoms with E-state index in [2.05, 4.69) is 72.7 Å². The lowest BCUT2D eigenvalue weighted by Gasteiger charge is -2.40. The third-order valence-electron chi connectivity index (χ3n) is 29.6. The van der Waals surface area contributed by atoms with Gasteiger partial charge in [0.25, 0.3) is 36.3 Å². The van der Waals surface area contributed by atoms with Crippen molar-refractivity contribution >= 4 is 126 Å². The van der Waals surface area contributed by atoms with E-state index < -0.39 is 134 Å². The number of ether oxygens (including phenoxy) is 1. The first-order valence-electron chi connectivity index (χ1n) is 49.2. The average molecular weight is 2090 g/mol. The van der Waals surface area contributed by atoms with Gasteiger partial charge in [-0.3, -0.25) is 37.6 Å². The SMILES string of the molecule is CC[N+]1=C(/C=C/C=C/C=C2/N(CCCCCC(=O)NCCCC[C@@H](C(=O)COc3c(F)c(F)c(C(=O)CCCNC(=O)C4CCN(S(=O)(=O)c5ccccc5-c5c6ccc(=[N+]7CCc8cc(S(=O)(=O)O)ccc87)cc-6oc6cc(N7CCc8cc(C)ccc87)ccc56)CC4)c(F)c3F)n3cc([C@](C)(NC(=O)c4ccsc4)C4CCC(C)CC4)nn3)c3ccc(S(=O)(=O)O)cc3C2(C)C)C(C)(C)c2cc(S(=O)(=O)O)ccc21. The number of hydrogen-bond acceptors (Lipinski definition) is 20. The number of piperidine rings is 1. The smallest absolute Gasteiger partial charge is 0.294 e. The number of Topliss-reactive ketones (excluding diaryl/α,β-unsaturated/α-hetero) is 2. The summed E-state index contributed by atoms with van der Waals surface area (Å²) in [5, 5.41) is 22.6. The van der Waals surface area contributed by atoms with Gasteiger partial charge < -0.3 is 34.9 Å². The van der Waals surface area contributed by atoms with Gasteiger partial charge in [0.15, 0.2) is 41.2 Å². The molecule has 6 aliphatic heterocycles. The number of carbonyl (C=O) groups excluding carboxylic acids is 5. The summed E-state index contributed by atoms with van der Waals surface area (Å²) < 4.78 is 218. The van der Waals surface area contributed by atoms with E-state index in [0.29, 0.717) is 127 Å². The van der Waals surface area contributed by atoms with Crippen molar-refractivity contribution in [2.45, 2.75) is 207 Å². The summed E-state index contributed by atoms with van der Waals surface area (Å²) in [4.78, 5) is 73.4. The minimum atomic E-state index is -4.56. The Balaban J connectivity index is 0.523. The Morgan fingerprint density at radius 3 is 2.08 bits per heavy atom. The van der Waals surface area contributed by atoms with Crippen LogP contribution in [0.15, 0.2) is 217 Å². The van der Waals surface area contributed by atoms with Gasteiger partial charge >= 0.3 is 0 Å². The van der Waals surface area contributed by atoms with Crippen LogP contribution in [0, 0.1) is 47.9 Å². The Morgan fingerprint density at radius 1 is 0.671 bits per heavy atom. The summed E-state index contributed by atoms with van der Waals surface area (Å²) in [5.74, 6) is -13.3. The summed E-state index contributed by atoms with van der Waals surface area (Å²) >= 11 is 1.34. The molecule has 2 aliphatic carbocycles. The topological polar surface area (TPSA) is 388 Å². The molecule has 9 aromatic rings. The molecule has 768 valence electrons. The number of aryl methyl sites for hydroxylation is 1. The van der Waals surface area contributed by atoms with E-state index in [4.69, 9.17) is 9.15 Å². The van der Waals surface area contributed by atoms with Crippen molar-refractivity contribution < 1.29 is 103 Å². The Morgan fingerprint density at radius 2 is 1.36 bits per heavy atom. The Hall–Kier alpha value is -12.5. The highest BCUT2D eigenvalue weighted by molar-refractivity contribution is 7.89. The molecule has 1 saturated carbocycles. The van der Waals surface area contributed by atoms with Crippen LogP contribution in [0.25, 0.3) is 33.4 Å². The van der Waals surface area contributed by atoms with E-state index in [1.807, 2.05) is 113 Å². The van der Waals surface area contributed by atoms with Crippen molar-refractivity contribution in [3.63, 3.8) is 0 Å². The molecule has 0 unspecified atom stereocenters. The first kappa shape index (κ1) is 105. The number of halogens is 4. The molecular formula is C108H117F4N11O18S5+2. The largest absolute Gasteiger partial charge is 0.479 e. The number of aromatic nitrogens is 3. The van der Waals surface area contributed by atoms with E-state index in [-0.39, 0.29) is 102 Å². The second-order valence-corrected chi connectivity index (χ2v) is 46.7. The van der Waals surface area contributed by atoms with E-state index in [9.17, 15) is 62.9 Å². The zero-order valence-corrected chi connectivity index (χ0v) is 86.3. The maximum Gasteiger partial charge on any atom is 0.294 e. The summed E-state index contributed by atoms with van der Waals surface area (Å²) in [6.45, 7) is 16.7. The van der Waals surface area contributed by atoms with Gasteiger partial charge in [0.1, 0.15) is 36.2 Å². The van der Waals surface area contributed by atoms with Gasteiger partial charge in [-0.1, -0.05) is 99.4 Å². The molecule has 1 saturated heterocycles. The van der Waals surface area contributed by atoms with E-state index in [1.54, 1.807) is 53.2 Å². The van der Waals surface area contributed by atoms with Crippen molar-refractivity contribution in [2.75, 3.05) is 68.8 Å². The van der Waals surface area contributed by atoms with Crippen molar-refractivity contribution in [3.8, 4) is 28.2 Å². The van der Waals surface area contributed by atoms with Crippen molar-refractivity contribution in [1.29, 1.82) is 0 Å².